The van der Waals surface area contributed by atoms with E-state index in [0.29, 0.717) is 16.9 Å². The van der Waals surface area contributed by atoms with Gasteiger partial charge in [0.1, 0.15) is 5.69 Å². The van der Waals surface area contributed by atoms with Crippen LogP contribution in [0.15, 0.2) is 35.2 Å². The van der Waals surface area contributed by atoms with Gasteiger partial charge in [0.05, 0.1) is 5.51 Å². The van der Waals surface area contributed by atoms with Crippen molar-refractivity contribution in [2.24, 2.45) is 0 Å². The fraction of sp³-hybridized carbons (Fsp3) is 0.214. The van der Waals surface area contributed by atoms with Gasteiger partial charge in [0, 0.05) is 22.7 Å². The highest BCUT2D eigenvalue weighted by atomic mass is 32.1. The molecule has 0 fully saturated rings. The van der Waals surface area contributed by atoms with Gasteiger partial charge in [0.15, 0.2) is 0 Å². The Balaban J connectivity index is 2.01. The second-order valence-electron chi connectivity index (χ2n) is 4.53. The second-order valence-corrected chi connectivity index (χ2v) is 5.25. The van der Waals surface area contributed by atoms with E-state index in [1.165, 1.54) is 11.3 Å². The number of benzene rings is 1. The van der Waals surface area contributed by atoms with Crippen LogP contribution in [0.25, 0.3) is 0 Å². The molecule has 2 aromatic rings. The van der Waals surface area contributed by atoms with Gasteiger partial charge in [-0.3, -0.25) is 9.59 Å². The first kappa shape index (κ1) is 14.2. The maximum absolute atomic E-state index is 11.8. The first-order chi connectivity index (χ1) is 9.56. The van der Waals surface area contributed by atoms with Crippen molar-refractivity contribution in [2.75, 3.05) is 5.32 Å². The number of anilines is 1. The Hall–Kier alpha value is -2.21. The molecule has 0 saturated carbocycles. The molecule has 0 aliphatic carbocycles. The smallest absolute Gasteiger partial charge is 0.275 e. The van der Waals surface area contributed by atoms with E-state index in [1.807, 2.05) is 13.8 Å². The summed E-state index contributed by atoms with van der Waals surface area (Å²) in [5, 5.41) is 7.21. The maximum atomic E-state index is 11.8. The predicted octanol–water partition coefficient (Wildman–Crippen LogP) is 2.53. The minimum Gasteiger partial charge on any atom is -0.350 e. The molecule has 0 spiro atoms. The highest BCUT2D eigenvalue weighted by molar-refractivity contribution is 7.07. The molecule has 2 rings (SSSR count). The SMILES string of the molecule is CC(C)NC(=O)c1ccc(NC(=O)c2cscn2)cc1. The van der Waals surface area contributed by atoms with Gasteiger partial charge in [0.25, 0.3) is 11.8 Å². The second kappa shape index (κ2) is 6.29. The number of nitrogens with zero attached hydrogens (tertiary/aromatic N) is 1. The first-order valence-electron chi connectivity index (χ1n) is 6.16. The Labute approximate surface area is 121 Å². The number of amides is 2. The lowest BCUT2D eigenvalue weighted by atomic mass is 10.2. The van der Waals surface area contributed by atoms with Gasteiger partial charge in [-0.2, -0.15) is 0 Å². The van der Waals surface area contributed by atoms with Crippen molar-refractivity contribution in [3.05, 3.63) is 46.4 Å². The summed E-state index contributed by atoms with van der Waals surface area (Å²) in [6.45, 7) is 3.81. The summed E-state index contributed by atoms with van der Waals surface area (Å²) >= 11 is 1.37. The molecule has 0 aliphatic rings. The van der Waals surface area contributed by atoms with E-state index in [4.69, 9.17) is 0 Å². The van der Waals surface area contributed by atoms with Crippen LogP contribution in [0.4, 0.5) is 5.69 Å². The van der Waals surface area contributed by atoms with Crippen molar-refractivity contribution >= 4 is 28.8 Å². The van der Waals surface area contributed by atoms with Crippen LogP contribution < -0.4 is 10.6 Å². The average Bonchev–Trinajstić information content (AvgIpc) is 2.92. The van der Waals surface area contributed by atoms with Gasteiger partial charge < -0.3 is 10.6 Å². The molecule has 104 valence electrons. The monoisotopic (exact) mass is 289 g/mol. The van der Waals surface area contributed by atoms with Gasteiger partial charge in [-0.25, -0.2) is 4.98 Å². The van der Waals surface area contributed by atoms with E-state index in [0.717, 1.165) is 0 Å². The lowest BCUT2D eigenvalue weighted by Crippen LogP contribution is -2.30. The van der Waals surface area contributed by atoms with Crippen molar-refractivity contribution < 1.29 is 9.59 Å². The van der Waals surface area contributed by atoms with Gasteiger partial charge in [-0.05, 0) is 38.1 Å². The van der Waals surface area contributed by atoms with E-state index >= 15 is 0 Å². The third kappa shape index (κ3) is 3.64. The Morgan fingerprint density at radius 3 is 2.40 bits per heavy atom. The predicted molar refractivity (Wildman–Crippen MR) is 79.1 cm³/mol. The number of hydrogen-bond donors (Lipinski definition) is 2. The van der Waals surface area contributed by atoms with Gasteiger partial charge in [-0.1, -0.05) is 0 Å². The standard InChI is InChI=1S/C14H15N3O2S/c1-9(2)16-13(18)10-3-5-11(6-4-10)17-14(19)12-7-20-8-15-12/h3-9H,1-2H3,(H,16,18)(H,17,19). The molecule has 20 heavy (non-hydrogen) atoms. The van der Waals surface area contributed by atoms with E-state index in [2.05, 4.69) is 15.6 Å². The van der Waals surface area contributed by atoms with Crippen LogP contribution in [0.2, 0.25) is 0 Å². The molecule has 2 amide bonds. The Morgan fingerprint density at radius 2 is 1.85 bits per heavy atom. The summed E-state index contributed by atoms with van der Waals surface area (Å²) in [4.78, 5) is 27.5. The lowest BCUT2D eigenvalue weighted by Gasteiger charge is -2.09. The Bertz CT molecular complexity index is 591. The number of nitrogens with one attached hydrogen (secondary N) is 2. The van der Waals surface area contributed by atoms with Crippen LogP contribution in [0, 0.1) is 0 Å². The van der Waals surface area contributed by atoms with Crippen molar-refractivity contribution in [2.45, 2.75) is 19.9 Å². The summed E-state index contributed by atoms with van der Waals surface area (Å²) in [6, 6.07) is 6.83. The molecule has 6 heteroatoms. The molecule has 5 nitrogen and oxygen atoms in total. The molecular weight excluding hydrogens is 274 g/mol. The minimum absolute atomic E-state index is 0.0894. The number of carbonyl (C=O) groups is 2. The largest absolute Gasteiger partial charge is 0.350 e. The van der Waals surface area contributed by atoms with E-state index in [9.17, 15) is 9.59 Å². The van der Waals surface area contributed by atoms with Crippen LogP contribution in [0.1, 0.15) is 34.7 Å². The fourth-order valence-electron chi connectivity index (χ4n) is 1.57. The molecule has 0 unspecified atom stereocenters. The Kier molecular flexibility index (Phi) is 4.47. The zero-order valence-corrected chi connectivity index (χ0v) is 12.0. The summed E-state index contributed by atoms with van der Waals surface area (Å²) < 4.78 is 0. The van der Waals surface area contributed by atoms with E-state index < -0.39 is 0 Å². The van der Waals surface area contributed by atoms with Gasteiger partial charge >= 0.3 is 0 Å². The molecule has 0 bridgehead atoms. The quantitative estimate of drug-likeness (QED) is 0.908. The van der Waals surface area contributed by atoms with Gasteiger partial charge in [-0.15, -0.1) is 11.3 Å². The normalized spacial score (nSPS) is 10.3. The van der Waals surface area contributed by atoms with Crippen molar-refractivity contribution in [1.29, 1.82) is 0 Å². The summed E-state index contributed by atoms with van der Waals surface area (Å²) in [5.74, 6) is -0.386. The molecule has 1 aromatic carbocycles. The van der Waals surface area contributed by atoms with Gasteiger partial charge in [0.2, 0.25) is 0 Å². The summed E-state index contributed by atoms with van der Waals surface area (Å²) in [6.07, 6.45) is 0. The van der Waals surface area contributed by atoms with Crippen LogP contribution in [0.3, 0.4) is 0 Å². The molecule has 0 aliphatic heterocycles. The third-order valence-electron chi connectivity index (χ3n) is 2.49. The van der Waals surface area contributed by atoms with Crippen molar-refractivity contribution in [1.82, 2.24) is 10.3 Å². The highest BCUT2D eigenvalue weighted by Gasteiger charge is 2.09. The molecule has 2 N–H and O–H groups in total. The fourth-order valence-corrected chi connectivity index (χ4v) is 2.10. The average molecular weight is 289 g/mol. The highest BCUT2D eigenvalue weighted by Crippen LogP contribution is 2.11. The zero-order chi connectivity index (χ0) is 14.5. The van der Waals surface area contributed by atoms with Crippen molar-refractivity contribution in [3.8, 4) is 0 Å². The third-order valence-corrected chi connectivity index (χ3v) is 3.08. The maximum Gasteiger partial charge on any atom is 0.275 e. The first-order valence-corrected chi connectivity index (χ1v) is 7.11. The molecular formula is C14H15N3O2S. The number of carbonyl (C=O) groups excluding carboxylic acids is 2. The number of rotatable bonds is 4. The van der Waals surface area contributed by atoms with Crippen molar-refractivity contribution in [3.63, 3.8) is 0 Å². The Morgan fingerprint density at radius 1 is 1.15 bits per heavy atom. The van der Waals surface area contributed by atoms with E-state index in [1.54, 1.807) is 35.2 Å². The van der Waals surface area contributed by atoms with Crippen LogP contribution in [0.5, 0.6) is 0 Å². The number of aromatic nitrogens is 1. The molecule has 0 saturated heterocycles. The lowest BCUT2D eigenvalue weighted by molar-refractivity contribution is 0.0942. The number of thiazole rings is 1. The molecule has 0 radical (unpaired) electrons. The molecule has 1 heterocycles. The molecule has 0 atom stereocenters. The zero-order valence-electron chi connectivity index (χ0n) is 11.2. The van der Waals surface area contributed by atoms with E-state index in [-0.39, 0.29) is 17.9 Å². The summed E-state index contributed by atoms with van der Waals surface area (Å²) in [5.41, 5.74) is 3.18. The minimum atomic E-state index is -0.259. The van der Waals surface area contributed by atoms with Crippen LogP contribution in [-0.2, 0) is 0 Å². The topological polar surface area (TPSA) is 71.1 Å². The van der Waals surface area contributed by atoms with Crippen LogP contribution in [-0.4, -0.2) is 22.8 Å². The molecule has 1 aromatic heterocycles. The van der Waals surface area contributed by atoms with Crippen LogP contribution >= 0.6 is 11.3 Å². The summed E-state index contributed by atoms with van der Waals surface area (Å²) in [7, 11) is 0. The number of hydrogen-bond acceptors (Lipinski definition) is 4.